The first kappa shape index (κ1) is 13.0. The molecule has 108 valence electrons. The highest BCUT2D eigenvalue weighted by Gasteiger charge is 2.08. The number of anilines is 2. The second-order valence-electron chi connectivity index (χ2n) is 4.21. The number of nitrogens with one attached hydrogen (secondary N) is 2. The number of rotatable bonds is 5. The Morgan fingerprint density at radius 2 is 2.05 bits per heavy atom. The molecule has 0 atom stereocenters. The van der Waals surface area contributed by atoms with Gasteiger partial charge in [0.05, 0.1) is 12.2 Å². The quantitative estimate of drug-likeness (QED) is 0.431. The van der Waals surface area contributed by atoms with Crippen LogP contribution in [-0.4, -0.2) is 34.5 Å². The summed E-state index contributed by atoms with van der Waals surface area (Å²) in [6.45, 7) is 0.493. The van der Waals surface area contributed by atoms with E-state index in [0.29, 0.717) is 18.4 Å². The second kappa shape index (κ2) is 5.54. The van der Waals surface area contributed by atoms with Gasteiger partial charge >= 0.3 is 0 Å². The predicted molar refractivity (Wildman–Crippen MR) is 75.3 cm³/mol. The lowest BCUT2D eigenvalue weighted by molar-refractivity contribution is 0.745. The highest BCUT2D eigenvalue weighted by atomic mass is 15.4. The summed E-state index contributed by atoms with van der Waals surface area (Å²) in [4.78, 5) is 12.6. The minimum absolute atomic E-state index is 0.249. The van der Waals surface area contributed by atoms with Crippen molar-refractivity contribution in [3.63, 3.8) is 0 Å². The minimum Gasteiger partial charge on any atom is -0.348 e. The molecule has 10 nitrogen and oxygen atoms in total. The Morgan fingerprint density at radius 3 is 2.71 bits per heavy atom. The van der Waals surface area contributed by atoms with Crippen LogP contribution >= 0.6 is 0 Å². The fourth-order valence-electron chi connectivity index (χ4n) is 1.73. The number of aromatic nitrogens is 7. The van der Waals surface area contributed by atoms with Crippen molar-refractivity contribution in [1.29, 1.82) is 0 Å². The van der Waals surface area contributed by atoms with E-state index >= 15 is 0 Å². The van der Waals surface area contributed by atoms with Crippen LogP contribution in [0.25, 0.3) is 5.95 Å². The Labute approximate surface area is 120 Å². The molecule has 0 amide bonds. The van der Waals surface area contributed by atoms with Crippen molar-refractivity contribution in [2.45, 2.75) is 6.54 Å². The van der Waals surface area contributed by atoms with E-state index in [1.54, 1.807) is 23.1 Å². The van der Waals surface area contributed by atoms with Gasteiger partial charge in [0.1, 0.15) is 0 Å². The summed E-state index contributed by atoms with van der Waals surface area (Å²) >= 11 is 0. The van der Waals surface area contributed by atoms with Gasteiger partial charge in [-0.2, -0.15) is 25.1 Å². The maximum Gasteiger partial charge on any atom is 0.257 e. The van der Waals surface area contributed by atoms with Crippen LogP contribution in [0.4, 0.5) is 11.9 Å². The van der Waals surface area contributed by atoms with Crippen molar-refractivity contribution in [3.05, 3.63) is 36.4 Å². The molecule has 0 unspecified atom stereocenters. The molecule has 0 fully saturated rings. The number of aryl methyl sites for hydroxylation is 1. The molecule has 0 aliphatic heterocycles. The number of nitrogens with zero attached hydrogens (tertiary/aromatic N) is 7. The smallest absolute Gasteiger partial charge is 0.257 e. The Balaban J connectivity index is 1.82. The van der Waals surface area contributed by atoms with E-state index in [0.717, 1.165) is 5.69 Å². The third-order valence-corrected chi connectivity index (χ3v) is 2.66. The largest absolute Gasteiger partial charge is 0.348 e. The van der Waals surface area contributed by atoms with Gasteiger partial charge in [-0.25, -0.2) is 10.5 Å². The van der Waals surface area contributed by atoms with Crippen molar-refractivity contribution in [2.24, 2.45) is 12.9 Å². The fourth-order valence-corrected chi connectivity index (χ4v) is 1.73. The summed E-state index contributed by atoms with van der Waals surface area (Å²) in [6.07, 6.45) is 5.24. The SMILES string of the molecule is Cn1ccc(CNc2nc(NN)nc(-n3cccn3)n2)n1. The lowest BCUT2D eigenvalue weighted by atomic mass is 10.4. The number of hydrogen-bond acceptors (Lipinski definition) is 8. The Bertz CT molecular complexity index is 716. The summed E-state index contributed by atoms with van der Waals surface area (Å²) in [6, 6.07) is 3.69. The first-order chi connectivity index (χ1) is 10.2. The van der Waals surface area contributed by atoms with Crippen LogP contribution in [0.5, 0.6) is 0 Å². The molecular weight excluding hydrogens is 272 g/mol. The van der Waals surface area contributed by atoms with Gasteiger partial charge in [0.25, 0.3) is 5.95 Å². The van der Waals surface area contributed by atoms with Crippen molar-refractivity contribution in [2.75, 3.05) is 10.7 Å². The molecule has 3 aromatic heterocycles. The van der Waals surface area contributed by atoms with Crippen molar-refractivity contribution < 1.29 is 0 Å². The van der Waals surface area contributed by atoms with Gasteiger partial charge < -0.3 is 5.32 Å². The Hall–Kier alpha value is -3.01. The highest BCUT2D eigenvalue weighted by Crippen LogP contribution is 2.09. The second-order valence-corrected chi connectivity index (χ2v) is 4.21. The molecule has 3 rings (SSSR count). The standard InChI is InChI=1S/C11H14N10/c1-20-6-3-8(19-20)7-13-9-15-10(18-12)17-11(16-9)21-5-2-4-14-21/h2-6H,7,12H2,1H3,(H2,13,15,16,17,18). The van der Waals surface area contributed by atoms with E-state index in [-0.39, 0.29) is 5.95 Å². The van der Waals surface area contributed by atoms with Gasteiger partial charge in [0, 0.05) is 25.6 Å². The maximum absolute atomic E-state index is 5.38. The number of nitrogens with two attached hydrogens (primary N) is 1. The van der Waals surface area contributed by atoms with Gasteiger partial charge in [-0.05, 0) is 12.1 Å². The fraction of sp³-hybridized carbons (Fsp3) is 0.182. The molecule has 0 spiro atoms. The third-order valence-electron chi connectivity index (χ3n) is 2.66. The normalized spacial score (nSPS) is 10.6. The van der Waals surface area contributed by atoms with E-state index in [4.69, 9.17) is 5.84 Å². The molecule has 0 bridgehead atoms. The van der Waals surface area contributed by atoms with Gasteiger partial charge in [-0.1, -0.05) is 0 Å². The van der Waals surface area contributed by atoms with Crippen LogP contribution in [0.3, 0.4) is 0 Å². The van der Waals surface area contributed by atoms with Crippen molar-refractivity contribution in [3.8, 4) is 5.95 Å². The molecular formula is C11H14N10. The summed E-state index contributed by atoms with van der Waals surface area (Å²) in [7, 11) is 1.86. The zero-order chi connectivity index (χ0) is 14.7. The highest BCUT2D eigenvalue weighted by molar-refractivity contribution is 5.37. The molecule has 3 heterocycles. The van der Waals surface area contributed by atoms with E-state index in [9.17, 15) is 0 Å². The van der Waals surface area contributed by atoms with Gasteiger partial charge in [0.15, 0.2) is 0 Å². The average Bonchev–Trinajstić information content (AvgIpc) is 3.16. The van der Waals surface area contributed by atoms with Crippen molar-refractivity contribution >= 4 is 11.9 Å². The number of nitrogen functional groups attached to an aromatic ring is 1. The molecule has 0 saturated carbocycles. The maximum atomic E-state index is 5.38. The van der Waals surface area contributed by atoms with Gasteiger partial charge in [0.2, 0.25) is 11.9 Å². The van der Waals surface area contributed by atoms with E-state index in [2.05, 4.69) is 35.9 Å². The Kier molecular flexibility index (Phi) is 3.43. The zero-order valence-electron chi connectivity index (χ0n) is 11.3. The molecule has 21 heavy (non-hydrogen) atoms. The third kappa shape index (κ3) is 2.95. The molecule has 10 heteroatoms. The topological polar surface area (TPSA) is 124 Å². The van der Waals surface area contributed by atoms with E-state index < -0.39 is 0 Å². The van der Waals surface area contributed by atoms with E-state index in [1.807, 2.05) is 19.3 Å². The van der Waals surface area contributed by atoms with Crippen LogP contribution in [0, 0.1) is 0 Å². The van der Waals surface area contributed by atoms with Crippen molar-refractivity contribution in [1.82, 2.24) is 34.5 Å². The average molecular weight is 286 g/mol. The van der Waals surface area contributed by atoms with Crippen LogP contribution < -0.4 is 16.6 Å². The minimum atomic E-state index is 0.249. The predicted octanol–water partition coefficient (Wildman–Crippen LogP) is -0.312. The summed E-state index contributed by atoms with van der Waals surface area (Å²) in [5, 5.41) is 11.4. The Morgan fingerprint density at radius 1 is 1.19 bits per heavy atom. The summed E-state index contributed by atoms with van der Waals surface area (Å²) in [5.74, 6) is 6.38. The molecule has 3 aromatic rings. The molecule has 0 aromatic carbocycles. The lowest BCUT2D eigenvalue weighted by Gasteiger charge is -2.07. The summed E-state index contributed by atoms with van der Waals surface area (Å²) < 4.78 is 3.25. The van der Waals surface area contributed by atoms with Crippen LogP contribution in [0.15, 0.2) is 30.7 Å². The van der Waals surface area contributed by atoms with Crippen LogP contribution in [-0.2, 0) is 13.6 Å². The first-order valence-electron chi connectivity index (χ1n) is 6.20. The molecule has 0 aliphatic rings. The molecule has 0 aliphatic carbocycles. The zero-order valence-corrected chi connectivity index (χ0v) is 11.3. The molecule has 0 radical (unpaired) electrons. The lowest BCUT2D eigenvalue weighted by Crippen LogP contribution is -2.16. The number of hydrazine groups is 1. The van der Waals surface area contributed by atoms with Crippen LogP contribution in [0.2, 0.25) is 0 Å². The monoisotopic (exact) mass is 286 g/mol. The molecule has 4 N–H and O–H groups in total. The van der Waals surface area contributed by atoms with Gasteiger partial charge in [-0.3, -0.25) is 10.1 Å². The van der Waals surface area contributed by atoms with E-state index in [1.165, 1.54) is 4.68 Å². The van der Waals surface area contributed by atoms with Gasteiger partial charge in [-0.15, -0.1) is 0 Å². The van der Waals surface area contributed by atoms with Crippen LogP contribution in [0.1, 0.15) is 5.69 Å². The first-order valence-corrected chi connectivity index (χ1v) is 6.20. The summed E-state index contributed by atoms with van der Waals surface area (Å²) in [5.41, 5.74) is 3.28. The molecule has 0 saturated heterocycles. The number of hydrogen-bond donors (Lipinski definition) is 3.